The number of nitrogens with zero attached hydrogens (tertiary/aromatic N) is 1. The predicted octanol–water partition coefficient (Wildman–Crippen LogP) is 3.92. The predicted molar refractivity (Wildman–Crippen MR) is 85.0 cm³/mol. The maximum atomic E-state index is 5.52. The molecule has 0 amide bonds. The first-order valence-corrected chi connectivity index (χ1v) is 7.87. The van der Waals surface area contributed by atoms with Crippen molar-refractivity contribution in [2.24, 2.45) is 0 Å². The van der Waals surface area contributed by atoms with Crippen LogP contribution >= 0.6 is 11.3 Å². The second kappa shape index (κ2) is 7.45. The Morgan fingerprint density at radius 1 is 1.35 bits per heavy atom. The maximum absolute atomic E-state index is 5.52. The smallest absolute Gasteiger partial charge is 0.184 e. The van der Waals surface area contributed by atoms with Gasteiger partial charge in [0.25, 0.3) is 0 Å². The Kier molecular flexibility index (Phi) is 5.61. The van der Waals surface area contributed by atoms with Crippen molar-refractivity contribution in [3.05, 3.63) is 18.2 Å². The summed E-state index contributed by atoms with van der Waals surface area (Å²) >= 11 is 1.66. The minimum absolute atomic E-state index is 0.317. The maximum Gasteiger partial charge on any atom is 0.184 e. The molecule has 20 heavy (non-hydrogen) atoms. The number of fused-ring (bicyclic) bond motifs is 1. The number of benzene rings is 1. The van der Waals surface area contributed by atoms with Crippen molar-refractivity contribution in [3.63, 3.8) is 0 Å². The molecule has 0 aliphatic carbocycles. The fraction of sp³-hybridized carbons (Fsp3) is 0.533. The average Bonchev–Trinajstić information content (AvgIpc) is 2.81. The third-order valence-electron chi connectivity index (χ3n) is 3.00. The number of nitrogens with one attached hydrogen (secondary N) is 1. The van der Waals surface area contributed by atoms with Gasteiger partial charge < -0.3 is 14.8 Å². The topological polar surface area (TPSA) is 43.4 Å². The molecule has 0 fully saturated rings. The van der Waals surface area contributed by atoms with E-state index in [9.17, 15) is 0 Å². The van der Waals surface area contributed by atoms with Gasteiger partial charge in [0, 0.05) is 7.11 Å². The van der Waals surface area contributed by atoms with Crippen LogP contribution in [-0.4, -0.2) is 31.3 Å². The van der Waals surface area contributed by atoms with Gasteiger partial charge in [-0.15, -0.1) is 0 Å². The van der Waals surface area contributed by atoms with Crippen molar-refractivity contribution in [1.82, 2.24) is 4.98 Å². The fourth-order valence-corrected chi connectivity index (χ4v) is 3.12. The first-order chi connectivity index (χ1) is 9.76. The largest absolute Gasteiger partial charge is 0.494 e. The average molecular weight is 294 g/mol. The molecule has 1 aromatic heterocycles. The number of hydrogen-bond donors (Lipinski definition) is 1. The monoisotopic (exact) mass is 294 g/mol. The summed E-state index contributed by atoms with van der Waals surface area (Å²) in [6.45, 7) is 5.55. The molecule has 2 rings (SSSR count). The summed E-state index contributed by atoms with van der Waals surface area (Å²) in [5.41, 5.74) is 1.01. The van der Waals surface area contributed by atoms with Crippen molar-refractivity contribution in [2.75, 3.05) is 25.6 Å². The van der Waals surface area contributed by atoms with Gasteiger partial charge in [-0.25, -0.2) is 4.98 Å². The summed E-state index contributed by atoms with van der Waals surface area (Å²) < 4.78 is 11.9. The molecule has 0 aliphatic rings. The van der Waals surface area contributed by atoms with Crippen LogP contribution in [0.25, 0.3) is 10.2 Å². The molecule has 0 saturated carbocycles. The third kappa shape index (κ3) is 3.84. The highest BCUT2D eigenvalue weighted by Gasteiger charge is 2.11. The lowest BCUT2D eigenvalue weighted by molar-refractivity contribution is 0.182. The number of aromatic nitrogens is 1. The van der Waals surface area contributed by atoms with Crippen LogP contribution in [0.3, 0.4) is 0 Å². The van der Waals surface area contributed by atoms with Gasteiger partial charge in [0.1, 0.15) is 5.75 Å². The molecule has 1 N–H and O–H groups in total. The van der Waals surface area contributed by atoms with Crippen molar-refractivity contribution in [3.8, 4) is 5.75 Å². The van der Waals surface area contributed by atoms with Gasteiger partial charge in [-0.05, 0) is 31.5 Å². The molecule has 110 valence electrons. The highest BCUT2D eigenvalue weighted by molar-refractivity contribution is 7.22. The quantitative estimate of drug-likeness (QED) is 0.801. The lowest BCUT2D eigenvalue weighted by Crippen LogP contribution is -2.24. The summed E-state index contributed by atoms with van der Waals surface area (Å²) in [4.78, 5) is 4.61. The Hall–Kier alpha value is -1.33. The highest BCUT2D eigenvalue weighted by atomic mass is 32.1. The molecular weight excluding hydrogens is 272 g/mol. The molecule has 0 radical (unpaired) electrons. The second-order valence-corrected chi connectivity index (χ2v) is 5.70. The molecule has 0 aliphatic heterocycles. The first-order valence-electron chi connectivity index (χ1n) is 7.05. The molecular formula is C15H22N2O2S. The Morgan fingerprint density at radius 2 is 2.20 bits per heavy atom. The summed E-state index contributed by atoms with van der Waals surface area (Å²) in [7, 11) is 1.73. The van der Waals surface area contributed by atoms with E-state index in [0.717, 1.165) is 33.9 Å². The van der Waals surface area contributed by atoms with Crippen LogP contribution in [0.15, 0.2) is 18.2 Å². The minimum Gasteiger partial charge on any atom is -0.494 e. The highest BCUT2D eigenvalue weighted by Crippen LogP contribution is 2.29. The van der Waals surface area contributed by atoms with Gasteiger partial charge in [-0.1, -0.05) is 24.7 Å². The summed E-state index contributed by atoms with van der Waals surface area (Å²) in [6, 6.07) is 6.34. The fourth-order valence-electron chi connectivity index (χ4n) is 2.14. The molecule has 0 spiro atoms. The van der Waals surface area contributed by atoms with E-state index in [1.165, 1.54) is 0 Å². The lowest BCUT2D eigenvalue weighted by Gasteiger charge is -2.15. The van der Waals surface area contributed by atoms with Crippen molar-refractivity contribution >= 4 is 26.7 Å². The van der Waals surface area contributed by atoms with E-state index in [4.69, 9.17) is 9.47 Å². The van der Waals surface area contributed by atoms with Crippen LogP contribution < -0.4 is 10.1 Å². The van der Waals surface area contributed by atoms with Crippen molar-refractivity contribution < 1.29 is 9.47 Å². The van der Waals surface area contributed by atoms with E-state index >= 15 is 0 Å². The molecule has 4 nitrogen and oxygen atoms in total. The van der Waals surface area contributed by atoms with E-state index in [2.05, 4.69) is 17.2 Å². The van der Waals surface area contributed by atoms with Gasteiger partial charge in [-0.3, -0.25) is 0 Å². The molecule has 1 unspecified atom stereocenters. The molecule has 1 heterocycles. The van der Waals surface area contributed by atoms with E-state index in [1.54, 1.807) is 18.4 Å². The Morgan fingerprint density at radius 3 is 2.90 bits per heavy atom. The Bertz CT molecular complexity index is 536. The zero-order chi connectivity index (χ0) is 14.4. The standard InChI is InChI=1S/C15H22N2O2S/c1-4-6-11(10-18-3)16-15-17-13-8-7-12(19-5-2)9-14(13)20-15/h7-9,11H,4-6,10H2,1-3H3,(H,16,17). The molecule has 2 aromatic rings. The van der Waals surface area contributed by atoms with E-state index in [-0.39, 0.29) is 0 Å². The second-order valence-electron chi connectivity index (χ2n) is 4.67. The normalized spacial score (nSPS) is 12.6. The number of rotatable bonds is 8. The Labute approximate surface area is 124 Å². The number of thiazole rings is 1. The van der Waals surface area contributed by atoms with Crippen LogP contribution in [0.1, 0.15) is 26.7 Å². The van der Waals surface area contributed by atoms with E-state index in [1.807, 2.05) is 25.1 Å². The van der Waals surface area contributed by atoms with Crippen molar-refractivity contribution in [2.45, 2.75) is 32.7 Å². The van der Waals surface area contributed by atoms with Gasteiger partial charge in [0.2, 0.25) is 0 Å². The summed E-state index contributed by atoms with van der Waals surface area (Å²) in [5.74, 6) is 0.900. The van der Waals surface area contributed by atoms with Gasteiger partial charge in [0.05, 0.1) is 29.5 Å². The molecule has 5 heteroatoms. The minimum atomic E-state index is 0.317. The van der Waals surface area contributed by atoms with Gasteiger partial charge in [0.15, 0.2) is 5.13 Å². The van der Waals surface area contributed by atoms with Crippen LogP contribution in [0.4, 0.5) is 5.13 Å². The summed E-state index contributed by atoms with van der Waals surface area (Å²) in [5, 5.41) is 4.41. The van der Waals surface area contributed by atoms with Gasteiger partial charge >= 0.3 is 0 Å². The van der Waals surface area contributed by atoms with Crippen molar-refractivity contribution in [1.29, 1.82) is 0 Å². The zero-order valence-corrected chi connectivity index (χ0v) is 13.1. The van der Waals surface area contributed by atoms with Crippen LogP contribution in [-0.2, 0) is 4.74 Å². The number of methoxy groups -OCH3 is 1. The molecule has 1 aromatic carbocycles. The zero-order valence-electron chi connectivity index (χ0n) is 12.3. The third-order valence-corrected chi connectivity index (χ3v) is 3.95. The number of hydrogen-bond acceptors (Lipinski definition) is 5. The molecule has 0 bridgehead atoms. The molecule has 1 atom stereocenters. The SMILES string of the molecule is CCCC(COC)Nc1nc2ccc(OCC)cc2s1. The van der Waals surface area contributed by atoms with Crippen LogP contribution in [0.5, 0.6) is 5.75 Å². The lowest BCUT2D eigenvalue weighted by atomic mass is 10.2. The number of anilines is 1. The van der Waals surface area contributed by atoms with E-state index in [0.29, 0.717) is 19.3 Å². The van der Waals surface area contributed by atoms with Crippen LogP contribution in [0, 0.1) is 0 Å². The number of ether oxygens (including phenoxy) is 2. The first kappa shape index (κ1) is 15.1. The Balaban J connectivity index is 2.13. The molecule has 0 saturated heterocycles. The van der Waals surface area contributed by atoms with Gasteiger partial charge in [-0.2, -0.15) is 0 Å². The summed E-state index contributed by atoms with van der Waals surface area (Å²) in [6.07, 6.45) is 2.20. The van der Waals surface area contributed by atoms with E-state index < -0.39 is 0 Å². The van der Waals surface area contributed by atoms with Crippen LogP contribution in [0.2, 0.25) is 0 Å².